The summed E-state index contributed by atoms with van der Waals surface area (Å²) < 4.78 is 31.9. The van der Waals surface area contributed by atoms with Crippen LogP contribution < -0.4 is 4.74 Å². The summed E-state index contributed by atoms with van der Waals surface area (Å²) in [6.07, 6.45) is 0.564. The van der Waals surface area contributed by atoms with E-state index in [0.29, 0.717) is 11.8 Å². The number of carbonyl (C=O) groups excluding carboxylic acids is 1. The lowest BCUT2D eigenvalue weighted by molar-refractivity contribution is 0.112. The zero-order chi connectivity index (χ0) is 13.1. The van der Waals surface area contributed by atoms with Crippen molar-refractivity contribution in [1.29, 1.82) is 0 Å². The van der Waals surface area contributed by atoms with Crippen LogP contribution in [0.3, 0.4) is 0 Å². The molecule has 0 saturated heterocycles. The highest BCUT2D eigenvalue weighted by molar-refractivity contribution is 5.78. The average Bonchev–Trinajstić information content (AvgIpc) is 2.39. The second-order valence-corrected chi connectivity index (χ2v) is 3.70. The van der Waals surface area contributed by atoms with Crippen LogP contribution in [0.4, 0.5) is 8.78 Å². The van der Waals surface area contributed by atoms with E-state index in [2.05, 4.69) is 0 Å². The molecule has 0 aliphatic rings. The van der Waals surface area contributed by atoms with Gasteiger partial charge in [0.05, 0.1) is 7.11 Å². The van der Waals surface area contributed by atoms with E-state index in [1.165, 1.54) is 37.4 Å². The number of halogens is 2. The molecule has 0 amide bonds. The molecule has 0 radical (unpaired) electrons. The Hall–Kier alpha value is -2.23. The Kier molecular flexibility index (Phi) is 3.37. The Balaban J connectivity index is 2.58. The standard InChI is InChI=1S/C14H10F2O2/c1-18-14-7-10(15)3-5-12(14)11-4-2-9(8-17)6-13(11)16/h2-8H,1H3. The average molecular weight is 248 g/mol. The maximum Gasteiger partial charge on any atom is 0.150 e. The Bertz CT molecular complexity index is 594. The van der Waals surface area contributed by atoms with Crippen LogP contribution in [-0.2, 0) is 0 Å². The molecule has 0 spiro atoms. The van der Waals surface area contributed by atoms with Crippen LogP contribution in [-0.4, -0.2) is 13.4 Å². The van der Waals surface area contributed by atoms with Gasteiger partial charge in [-0.05, 0) is 18.2 Å². The minimum absolute atomic E-state index is 0.243. The molecule has 92 valence electrons. The van der Waals surface area contributed by atoms with E-state index >= 15 is 0 Å². The second kappa shape index (κ2) is 4.96. The van der Waals surface area contributed by atoms with E-state index in [1.807, 2.05) is 0 Å². The smallest absolute Gasteiger partial charge is 0.150 e. The summed E-state index contributed by atoms with van der Waals surface area (Å²) in [6.45, 7) is 0. The van der Waals surface area contributed by atoms with Crippen molar-refractivity contribution < 1.29 is 18.3 Å². The van der Waals surface area contributed by atoms with Crippen molar-refractivity contribution in [1.82, 2.24) is 0 Å². The first kappa shape index (κ1) is 12.2. The van der Waals surface area contributed by atoms with Gasteiger partial charge in [-0.2, -0.15) is 0 Å². The SMILES string of the molecule is COc1cc(F)ccc1-c1ccc(C=O)cc1F. The molecule has 18 heavy (non-hydrogen) atoms. The normalized spacial score (nSPS) is 10.2. The molecule has 2 aromatic carbocycles. The van der Waals surface area contributed by atoms with Crippen molar-refractivity contribution in [3.05, 3.63) is 53.6 Å². The van der Waals surface area contributed by atoms with Crippen LogP contribution in [0.1, 0.15) is 10.4 Å². The quantitative estimate of drug-likeness (QED) is 0.777. The number of rotatable bonds is 3. The minimum Gasteiger partial charge on any atom is -0.496 e. The third-order valence-corrected chi connectivity index (χ3v) is 2.58. The van der Waals surface area contributed by atoms with E-state index < -0.39 is 11.6 Å². The van der Waals surface area contributed by atoms with Crippen LogP contribution in [0.25, 0.3) is 11.1 Å². The van der Waals surface area contributed by atoms with Crippen LogP contribution in [0.5, 0.6) is 5.75 Å². The van der Waals surface area contributed by atoms with Crippen LogP contribution >= 0.6 is 0 Å². The van der Waals surface area contributed by atoms with Crippen molar-refractivity contribution in [2.24, 2.45) is 0 Å². The predicted octanol–water partition coefficient (Wildman–Crippen LogP) is 3.45. The van der Waals surface area contributed by atoms with Gasteiger partial charge >= 0.3 is 0 Å². The molecular formula is C14H10F2O2. The lowest BCUT2D eigenvalue weighted by atomic mass is 10.0. The fourth-order valence-electron chi connectivity index (χ4n) is 1.71. The van der Waals surface area contributed by atoms with Gasteiger partial charge in [0.25, 0.3) is 0 Å². The molecular weight excluding hydrogens is 238 g/mol. The van der Waals surface area contributed by atoms with E-state index in [9.17, 15) is 13.6 Å². The molecule has 0 heterocycles. The molecule has 0 aromatic heterocycles. The van der Waals surface area contributed by atoms with Crippen LogP contribution in [0, 0.1) is 11.6 Å². The third kappa shape index (κ3) is 2.22. The highest BCUT2D eigenvalue weighted by Gasteiger charge is 2.11. The van der Waals surface area contributed by atoms with Crippen molar-refractivity contribution in [2.45, 2.75) is 0 Å². The molecule has 0 unspecified atom stereocenters. The Morgan fingerprint density at radius 3 is 2.39 bits per heavy atom. The van der Waals surface area contributed by atoms with Gasteiger partial charge in [-0.1, -0.05) is 12.1 Å². The zero-order valence-corrected chi connectivity index (χ0v) is 9.61. The van der Waals surface area contributed by atoms with Gasteiger partial charge in [0.1, 0.15) is 23.7 Å². The third-order valence-electron chi connectivity index (χ3n) is 2.58. The van der Waals surface area contributed by atoms with Crippen LogP contribution in [0.2, 0.25) is 0 Å². The number of aldehydes is 1. The summed E-state index contributed by atoms with van der Waals surface area (Å²) in [4.78, 5) is 10.5. The van der Waals surface area contributed by atoms with Gasteiger partial charge in [0, 0.05) is 22.8 Å². The maximum absolute atomic E-state index is 13.8. The first-order valence-electron chi connectivity index (χ1n) is 5.24. The van der Waals surface area contributed by atoms with Crippen molar-refractivity contribution in [3.8, 4) is 16.9 Å². The number of ether oxygens (including phenoxy) is 1. The molecule has 4 heteroatoms. The molecule has 2 rings (SSSR count). The van der Waals surface area contributed by atoms with Crippen molar-refractivity contribution >= 4 is 6.29 Å². The van der Waals surface area contributed by atoms with Gasteiger partial charge < -0.3 is 4.74 Å². The summed E-state index contributed by atoms with van der Waals surface area (Å²) in [5.74, 6) is -0.766. The summed E-state index contributed by atoms with van der Waals surface area (Å²) in [5.41, 5.74) is 0.948. The number of methoxy groups -OCH3 is 1. The van der Waals surface area contributed by atoms with Gasteiger partial charge in [-0.25, -0.2) is 8.78 Å². The summed E-state index contributed by atoms with van der Waals surface area (Å²) in [5, 5.41) is 0. The molecule has 0 aliphatic heterocycles. The van der Waals surface area contributed by atoms with Crippen LogP contribution in [0.15, 0.2) is 36.4 Å². The van der Waals surface area contributed by atoms with Gasteiger partial charge in [-0.3, -0.25) is 4.79 Å². The summed E-state index contributed by atoms with van der Waals surface area (Å²) in [6, 6.07) is 7.94. The fraction of sp³-hybridized carbons (Fsp3) is 0.0714. The van der Waals surface area contributed by atoms with Crippen molar-refractivity contribution in [2.75, 3.05) is 7.11 Å². The number of carbonyl (C=O) groups is 1. The van der Waals surface area contributed by atoms with Gasteiger partial charge in [-0.15, -0.1) is 0 Å². The predicted molar refractivity (Wildman–Crippen MR) is 63.7 cm³/mol. The highest BCUT2D eigenvalue weighted by atomic mass is 19.1. The zero-order valence-electron chi connectivity index (χ0n) is 9.61. The van der Waals surface area contributed by atoms with Crippen molar-refractivity contribution in [3.63, 3.8) is 0 Å². The second-order valence-electron chi connectivity index (χ2n) is 3.70. The molecule has 0 bridgehead atoms. The summed E-state index contributed by atoms with van der Waals surface area (Å²) in [7, 11) is 1.38. The topological polar surface area (TPSA) is 26.3 Å². The number of hydrogen-bond acceptors (Lipinski definition) is 2. The number of hydrogen-bond donors (Lipinski definition) is 0. The molecule has 2 nitrogen and oxygen atoms in total. The largest absolute Gasteiger partial charge is 0.496 e. The van der Waals surface area contributed by atoms with E-state index in [1.54, 1.807) is 0 Å². The molecule has 0 fully saturated rings. The Labute approximate surface area is 103 Å². The lowest BCUT2D eigenvalue weighted by Gasteiger charge is -2.09. The molecule has 2 aromatic rings. The first-order chi connectivity index (χ1) is 8.65. The van der Waals surface area contributed by atoms with E-state index in [4.69, 9.17) is 4.74 Å². The molecule has 0 saturated carbocycles. The Morgan fingerprint density at radius 2 is 1.78 bits per heavy atom. The Morgan fingerprint density at radius 1 is 1.06 bits per heavy atom. The minimum atomic E-state index is -0.551. The molecule has 0 atom stereocenters. The van der Waals surface area contributed by atoms with E-state index in [-0.39, 0.29) is 16.9 Å². The number of benzene rings is 2. The lowest BCUT2D eigenvalue weighted by Crippen LogP contribution is -1.93. The molecule has 0 N–H and O–H groups in total. The first-order valence-corrected chi connectivity index (χ1v) is 5.24. The monoisotopic (exact) mass is 248 g/mol. The summed E-state index contributed by atoms with van der Waals surface area (Å²) >= 11 is 0. The van der Waals surface area contributed by atoms with Gasteiger partial charge in [0.2, 0.25) is 0 Å². The highest BCUT2D eigenvalue weighted by Crippen LogP contribution is 2.32. The van der Waals surface area contributed by atoms with Gasteiger partial charge in [0.15, 0.2) is 0 Å². The molecule has 0 aliphatic carbocycles. The van der Waals surface area contributed by atoms with E-state index in [0.717, 1.165) is 6.07 Å². The fourth-order valence-corrected chi connectivity index (χ4v) is 1.71. The maximum atomic E-state index is 13.8.